The lowest BCUT2D eigenvalue weighted by Gasteiger charge is -2.10. The molecule has 0 spiro atoms. The number of anilines is 1. The molecule has 0 saturated heterocycles. The number of hydrogen-bond acceptors (Lipinski definition) is 5. The fourth-order valence-electron chi connectivity index (χ4n) is 2.79. The van der Waals surface area contributed by atoms with Crippen molar-refractivity contribution in [3.05, 3.63) is 84.6 Å². The van der Waals surface area contributed by atoms with Gasteiger partial charge in [0.2, 0.25) is 0 Å². The van der Waals surface area contributed by atoms with Crippen LogP contribution in [0.1, 0.15) is 16.1 Å². The Bertz CT molecular complexity index is 974. The van der Waals surface area contributed by atoms with Gasteiger partial charge in [0.25, 0.3) is 5.91 Å². The van der Waals surface area contributed by atoms with Crippen molar-refractivity contribution in [1.82, 2.24) is 15.3 Å². The lowest BCUT2D eigenvalue weighted by atomic mass is 10.1. The molecule has 2 N–H and O–H groups in total. The van der Waals surface area contributed by atoms with Crippen molar-refractivity contribution >= 4 is 11.7 Å². The van der Waals surface area contributed by atoms with Crippen LogP contribution in [0.15, 0.2) is 73.3 Å². The highest BCUT2D eigenvalue weighted by Gasteiger charge is 2.13. The number of ether oxygens (including phenoxy) is 1. The summed E-state index contributed by atoms with van der Waals surface area (Å²) in [5.41, 5.74) is 2.25. The van der Waals surface area contributed by atoms with Gasteiger partial charge in [0.05, 0.1) is 7.11 Å². The van der Waals surface area contributed by atoms with Gasteiger partial charge >= 0.3 is 0 Å². The van der Waals surface area contributed by atoms with E-state index in [0.29, 0.717) is 36.8 Å². The molecule has 0 aliphatic carbocycles. The summed E-state index contributed by atoms with van der Waals surface area (Å²) < 4.78 is 5.23. The molecule has 1 aromatic heterocycles. The molecule has 1 amide bonds. The molecular formula is C23H24N4O2. The standard InChI is InChI=1S/C23H24N4O2/c1-3-13-24-21-16-20(26-22(27-21)18-9-5-4-6-10-18)23(28)25-14-12-17-8-7-11-19(15-17)29-2/h3-11,15-16H,1,12-14H2,2H3,(H,25,28)(H,24,26,27). The molecule has 0 saturated carbocycles. The minimum absolute atomic E-state index is 0.242. The van der Waals surface area contributed by atoms with Gasteiger partial charge in [0.1, 0.15) is 17.3 Å². The summed E-state index contributed by atoms with van der Waals surface area (Å²) in [7, 11) is 1.64. The molecule has 0 fully saturated rings. The summed E-state index contributed by atoms with van der Waals surface area (Å²) in [4.78, 5) is 21.7. The van der Waals surface area contributed by atoms with E-state index in [1.165, 1.54) is 0 Å². The van der Waals surface area contributed by atoms with Gasteiger partial charge in [-0.25, -0.2) is 9.97 Å². The summed E-state index contributed by atoms with van der Waals surface area (Å²) in [5.74, 6) is 1.64. The van der Waals surface area contributed by atoms with Gasteiger partial charge in [-0.2, -0.15) is 0 Å². The Kier molecular flexibility index (Phi) is 6.95. The smallest absolute Gasteiger partial charge is 0.270 e. The van der Waals surface area contributed by atoms with Crippen LogP contribution in [-0.4, -0.2) is 36.1 Å². The molecule has 0 radical (unpaired) electrons. The van der Waals surface area contributed by atoms with Crippen LogP contribution in [0.25, 0.3) is 11.4 Å². The van der Waals surface area contributed by atoms with Crippen molar-refractivity contribution < 1.29 is 9.53 Å². The van der Waals surface area contributed by atoms with E-state index in [0.717, 1.165) is 16.9 Å². The van der Waals surface area contributed by atoms with Gasteiger partial charge in [-0.1, -0.05) is 48.5 Å². The molecule has 2 aromatic carbocycles. The Morgan fingerprint density at radius 1 is 1.10 bits per heavy atom. The molecule has 1 heterocycles. The normalized spacial score (nSPS) is 10.2. The predicted molar refractivity (Wildman–Crippen MR) is 115 cm³/mol. The number of amides is 1. The van der Waals surface area contributed by atoms with Gasteiger partial charge in [-0.15, -0.1) is 6.58 Å². The Morgan fingerprint density at radius 3 is 2.69 bits per heavy atom. The quantitative estimate of drug-likeness (QED) is 0.547. The van der Waals surface area contributed by atoms with Crippen molar-refractivity contribution in [2.75, 3.05) is 25.5 Å². The number of carbonyl (C=O) groups excluding carboxylic acids is 1. The molecule has 6 nitrogen and oxygen atoms in total. The average molecular weight is 388 g/mol. The highest BCUT2D eigenvalue weighted by molar-refractivity contribution is 5.93. The first-order valence-electron chi connectivity index (χ1n) is 9.40. The van der Waals surface area contributed by atoms with Crippen LogP contribution in [0.4, 0.5) is 5.82 Å². The monoisotopic (exact) mass is 388 g/mol. The molecule has 3 rings (SSSR count). The average Bonchev–Trinajstić information content (AvgIpc) is 2.78. The maximum absolute atomic E-state index is 12.7. The van der Waals surface area contributed by atoms with Gasteiger partial charge in [0.15, 0.2) is 5.82 Å². The SMILES string of the molecule is C=CCNc1cc(C(=O)NCCc2cccc(OC)c2)nc(-c2ccccc2)n1. The zero-order valence-electron chi connectivity index (χ0n) is 16.4. The third-order valence-corrected chi connectivity index (χ3v) is 4.25. The number of methoxy groups -OCH3 is 1. The van der Waals surface area contributed by atoms with Gasteiger partial charge in [0, 0.05) is 24.7 Å². The van der Waals surface area contributed by atoms with Crippen LogP contribution in [0.2, 0.25) is 0 Å². The fourth-order valence-corrected chi connectivity index (χ4v) is 2.79. The largest absolute Gasteiger partial charge is 0.497 e. The van der Waals surface area contributed by atoms with Crippen LogP contribution >= 0.6 is 0 Å². The molecule has 0 unspecified atom stereocenters. The molecular weight excluding hydrogens is 364 g/mol. The predicted octanol–water partition coefficient (Wildman–Crippen LogP) is 3.72. The summed E-state index contributed by atoms with van der Waals surface area (Å²) in [5, 5.41) is 6.06. The van der Waals surface area contributed by atoms with Gasteiger partial charge in [-0.3, -0.25) is 4.79 Å². The van der Waals surface area contributed by atoms with E-state index < -0.39 is 0 Å². The maximum Gasteiger partial charge on any atom is 0.270 e. The van der Waals surface area contributed by atoms with E-state index in [1.807, 2.05) is 54.6 Å². The van der Waals surface area contributed by atoms with Crippen LogP contribution in [0.5, 0.6) is 5.75 Å². The first kappa shape index (κ1) is 20.1. The molecule has 0 bridgehead atoms. The van der Waals surface area contributed by atoms with Crippen molar-refractivity contribution in [2.45, 2.75) is 6.42 Å². The molecule has 0 aliphatic heterocycles. The van der Waals surface area contributed by atoms with Gasteiger partial charge < -0.3 is 15.4 Å². The Morgan fingerprint density at radius 2 is 1.93 bits per heavy atom. The maximum atomic E-state index is 12.7. The minimum Gasteiger partial charge on any atom is -0.497 e. The second-order valence-electron chi connectivity index (χ2n) is 6.36. The Labute approximate surface area is 170 Å². The van der Waals surface area contributed by atoms with E-state index >= 15 is 0 Å². The van der Waals surface area contributed by atoms with Crippen molar-refractivity contribution in [1.29, 1.82) is 0 Å². The second kappa shape index (κ2) is 10.0. The molecule has 29 heavy (non-hydrogen) atoms. The fraction of sp³-hybridized carbons (Fsp3) is 0.174. The third-order valence-electron chi connectivity index (χ3n) is 4.25. The van der Waals surface area contributed by atoms with E-state index in [-0.39, 0.29) is 5.91 Å². The number of aromatic nitrogens is 2. The van der Waals surface area contributed by atoms with Crippen molar-refractivity contribution in [3.63, 3.8) is 0 Å². The van der Waals surface area contributed by atoms with Crippen molar-refractivity contribution in [2.24, 2.45) is 0 Å². The van der Waals surface area contributed by atoms with Gasteiger partial charge in [-0.05, 0) is 24.1 Å². The van der Waals surface area contributed by atoms with Crippen molar-refractivity contribution in [3.8, 4) is 17.1 Å². The van der Waals surface area contributed by atoms with E-state index in [1.54, 1.807) is 19.3 Å². The Balaban J connectivity index is 1.73. The van der Waals surface area contributed by atoms with Crippen LogP contribution in [-0.2, 0) is 6.42 Å². The zero-order valence-corrected chi connectivity index (χ0v) is 16.4. The summed E-state index contributed by atoms with van der Waals surface area (Å²) in [6, 6.07) is 19.0. The van der Waals surface area contributed by atoms with Crippen LogP contribution < -0.4 is 15.4 Å². The van der Waals surface area contributed by atoms with E-state index in [2.05, 4.69) is 27.2 Å². The molecule has 0 aliphatic rings. The molecule has 148 valence electrons. The highest BCUT2D eigenvalue weighted by atomic mass is 16.5. The molecule has 0 atom stereocenters. The minimum atomic E-state index is -0.242. The van der Waals surface area contributed by atoms with E-state index in [4.69, 9.17) is 4.74 Å². The number of nitrogens with zero attached hydrogens (tertiary/aromatic N) is 2. The topological polar surface area (TPSA) is 76.1 Å². The lowest BCUT2D eigenvalue weighted by molar-refractivity contribution is 0.0949. The summed E-state index contributed by atoms with van der Waals surface area (Å²) in [6.45, 7) is 4.74. The number of carbonyl (C=O) groups is 1. The second-order valence-corrected chi connectivity index (χ2v) is 6.36. The number of benzene rings is 2. The van der Waals surface area contributed by atoms with Crippen LogP contribution in [0.3, 0.4) is 0 Å². The zero-order chi connectivity index (χ0) is 20.5. The molecule has 6 heteroatoms. The first-order chi connectivity index (χ1) is 14.2. The first-order valence-corrected chi connectivity index (χ1v) is 9.40. The lowest BCUT2D eigenvalue weighted by Crippen LogP contribution is -2.27. The molecule has 3 aromatic rings. The van der Waals surface area contributed by atoms with Crippen LogP contribution in [0, 0.1) is 0 Å². The van der Waals surface area contributed by atoms with E-state index in [9.17, 15) is 4.79 Å². The third kappa shape index (κ3) is 5.65. The summed E-state index contributed by atoms with van der Waals surface area (Å²) >= 11 is 0. The highest BCUT2D eigenvalue weighted by Crippen LogP contribution is 2.18. The summed E-state index contributed by atoms with van der Waals surface area (Å²) in [6.07, 6.45) is 2.43. The Hall–Kier alpha value is -3.67. The number of nitrogens with one attached hydrogen (secondary N) is 2. The number of hydrogen-bond donors (Lipinski definition) is 2. The number of rotatable bonds is 9.